The highest BCUT2D eigenvalue weighted by Crippen LogP contribution is 2.29. The first-order chi connectivity index (χ1) is 11.9. The molecule has 0 spiro atoms. The number of rotatable bonds is 6. The molecule has 1 aromatic carbocycles. The molecule has 0 bridgehead atoms. The number of nitrogens with zero attached hydrogens (tertiary/aromatic N) is 2. The van der Waals surface area contributed by atoms with Crippen molar-refractivity contribution in [1.29, 1.82) is 0 Å². The van der Waals surface area contributed by atoms with E-state index in [4.69, 9.17) is 8.83 Å². The highest BCUT2D eigenvalue weighted by atomic mass is 16.4. The Labute approximate surface area is 141 Å². The van der Waals surface area contributed by atoms with Gasteiger partial charge in [-0.05, 0) is 42.9 Å². The Morgan fingerprint density at radius 1 is 1.04 bits per heavy atom. The molecule has 2 atom stereocenters. The predicted molar refractivity (Wildman–Crippen MR) is 90.1 cm³/mol. The maximum absolute atomic E-state index is 5.66. The average Bonchev–Trinajstić information content (AvgIpc) is 3.36. The van der Waals surface area contributed by atoms with E-state index in [-0.39, 0.29) is 0 Å². The van der Waals surface area contributed by atoms with Gasteiger partial charge in [-0.1, -0.05) is 36.8 Å². The summed E-state index contributed by atoms with van der Waals surface area (Å²) in [4.78, 5) is 0. The summed E-state index contributed by atoms with van der Waals surface area (Å²) >= 11 is 0. The van der Waals surface area contributed by atoms with Gasteiger partial charge in [0.1, 0.15) is 0 Å². The SMILES string of the molecule is c1ccc(C[C@@H]2CCC[C@@H]2NCc2nnc(-c3ccco3)o2)cc1. The fourth-order valence-electron chi connectivity index (χ4n) is 3.51. The topological polar surface area (TPSA) is 64.1 Å². The molecule has 3 aromatic rings. The molecule has 5 heteroatoms. The van der Waals surface area contributed by atoms with E-state index >= 15 is 0 Å². The van der Waals surface area contributed by atoms with Crippen LogP contribution in [0.15, 0.2) is 57.6 Å². The third-order valence-corrected chi connectivity index (χ3v) is 4.71. The lowest BCUT2D eigenvalue weighted by atomic mass is 9.94. The number of nitrogens with one attached hydrogen (secondary N) is 1. The van der Waals surface area contributed by atoms with Crippen LogP contribution in [0.2, 0.25) is 0 Å². The van der Waals surface area contributed by atoms with Gasteiger partial charge in [0.2, 0.25) is 5.89 Å². The lowest BCUT2D eigenvalue weighted by molar-refractivity contribution is 0.370. The molecule has 2 aromatic heterocycles. The molecule has 4 rings (SSSR count). The van der Waals surface area contributed by atoms with Crippen molar-refractivity contribution in [3.8, 4) is 11.7 Å². The maximum Gasteiger partial charge on any atom is 0.283 e. The van der Waals surface area contributed by atoms with E-state index < -0.39 is 0 Å². The Morgan fingerprint density at radius 3 is 2.79 bits per heavy atom. The van der Waals surface area contributed by atoms with Gasteiger partial charge >= 0.3 is 0 Å². The van der Waals surface area contributed by atoms with E-state index in [2.05, 4.69) is 45.8 Å². The van der Waals surface area contributed by atoms with Crippen molar-refractivity contribution >= 4 is 0 Å². The normalized spacial score (nSPS) is 20.5. The quantitative estimate of drug-likeness (QED) is 0.747. The van der Waals surface area contributed by atoms with Crippen LogP contribution in [0.3, 0.4) is 0 Å². The van der Waals surface area contributed by atoms with Crippen molar-refractivity contribution in [2.24, 2.45) is 5.92 Å². The van der Waals surface area contributed by atoms with E-state index in [0.29, 0.717) is 36.0 Å². The van der Waals surface area contributed by atoms with Gasteiger partial charge in [-0.3, -0.25) is 0 Å². The van der Waals surface area contributed by atoms with E-state index in [9.17, 15) is 0 Å². The Hall–Kier alpha value is -2.40. The molecule has 0 radical (unpaired) electrons. The lowest BCUT2D eigenvalue weighted by Crippen LogP contribution is -2.33. The van der Waals surface area contributed by atoms with Crippen LogP contribution in [0.25, 0.3) is 11.7 Å². The Balaban J connectivity index is 1.35. The van der Waals surface area contributed by atoms with Crippen LogP contribution in [0.4, 0.5) is 0 Å². The Kier molecular flexibility index (Phi) is 4.42. The van der Waals surface area contributed by atoms with Crippen molar-refractivity contribution < 1.29 is 8.83 Å². The summed E-state index contributed by atoms with van der Waals surface area (Å²) in [7, 11) is 0. The molecule has 124 valence electrons. The third-order valence-electron chi connectivity index (χ3n) is 4.71. The molecule has 1 fully saturated rings. The number of furan rings is 1. The van der Waals surface area contributed by atoms with Crippen molar-refractivity contribution in [2.75, 3.05) is 0 Å². The number of hydrogen-bond donors (Lipinski definition) is 1. The van der Waals surface area contributed by atoms with Gasteiger partial charge in [0.05, 0.1) is 12.8 Å². The van der Waals surface area contributed by atoms with Gasteiger partial charge in [-0.2, -0.15) is 0 Å². The predicted octanol–water partition coefficient (Wildman–Crippen LogP) is 3.83. The summed E-state index contributed by atoms with van der Waals surface area (Å²) in [5.74, 6) is 2.31. The van der Waals surface area contributed by atoms with Crippen molar-refractivity contribution in [3.63, 3.8) is 0 Å². The summed E-state index contributed by atoms with van der Waals surface area (Å²) in [6.07, 6.45) is 6.48. The molecule has 24 heavy (non-hydrogen) atoms. The van der Waals surface area contributed by atoms with Crippen molar-refractivity contribution in [3.05, 3.63) is 60.2 Å². The standard InChI is InChI=1S/C19H21N3O2/c1-2-6-14(7-3-1)12-15-8-4-9-16(15)20-13-18-21-22-19(24-18)17-10-5-11-23-17/h1-3,5-7,10-11,15-16,20H,4,8-9,12-13H2/t15-,16-/m0/s1. The molecule has 1 N–H and O–H groups in total. The largest absolute Gasteiger partial charge is 0.459 e. The fraction of sp³-hybridized carbons (Fsp3) is 0.368. The minimum Gasteiger partial charge on any atom is -0.459 e. The minimum absolute atomic E-state index is 0.434. The summed E-state index contributed by atoms with van der Waals surface area (Å²) in [6.45, 7) is 0.601. The van der Waals surface area contributed by atoms with Gasteiger partial charge in [0.15, 0.2) is 5.76 Å². The highest BCUT2D eigenvalue weighted by Gasteiger charge is 2.27. The molecule has 0 unspecified atom stereocenters. The van der Waals surface area contributed by atoms with Crippen LogP contribution in [-0.4, -0.2) is 16.2 Å². The smallest absolute Gasteiger partial charge is 0.283 e. The van der Waals surface area contributed by atoms with Crippen LogP contribution in [0.5, 0.6) is 0 Å². The molecule has 0 amide bonds. The number of benzene rings is 1. The van der Waals surface area contributed by atoms with Gasteiger partial charge in [-0.25, -0.2) is 0 Å². The van der Waals surface area contributed by atoms with E-state index in [1.54, 1.807) is 6.26 Å². The molecule has 1 saturated carbocycles. The van der Waals surface area contributed by atoms with Crippen LogP contribution in [-0.2, 0) is 13.0 Å². The van der Waals surface area contributed by atoms with Crippen LogP contribution < -0.4 is 5.32 Å². The van der Waals surface area contributed by atoms with Crippen LogP contribution in [0.1, 0.15) is 30.7 Å². The van der Waals surface area contributed by atoms with Gasteiger partial charge in [0, 0.05) is 6.04 Å². The second-order valence-corrected chi connectivity index (χ2v) is 6.35. The summed E-state index contributed by atoms with van der Waals surface area (Å²) in [6, 6.07) is 14.8. The second-order valence-electron chi connectivity index (χ2n) is 6.35. The van der Waals surface area contributed by atoms with Crippen molar-refractivity contribution in [1.82, 2.24) is 15.5 Å². The maximum atomic E-state index is 5.66. The average molecular weight is 323 g/mol. The fourth-order valence-corrected chi connectivity index (χ4v) is 3.51. The summed E-state index contributed by atoms with van der Waals surface area (Å²) in [5.41, 5.74) is 1.41. The third kappa shape index (κ3) is 3.41. The highest BCUT2D eigenvalue weighted by molar-refractivity contribution is 5.42. The Bertz CT molecular complexity index is 752. The van der Waals surface area contributed by atoms with Crippen LogP contribution in [0, 0.1) is 5.92 Å². The summed E-state index contributed by atoms with van der Waals surface area (Å²) < 4.78 is 10.9. The molecule has 0 saturated heterocycles. The molecule has 1 aliphatic carbocycles. The van der Waals surface area contributed by atoms with E-state index in [1.165, 1.54) is 24.8 Å². The molecule has 2 heterocycles. The summed E-state index contributed by atoms with van der Waals surface area (Å²) in [5, 5.41) is 11.7. The van der Waals surface area contributed by atoms with E-state index in [1.807, 2.05) is 12.1 Å². The lowest BCUT2D eigenvalue weighted by Gasteiger charge is -2.20. The molecule has 1 aliphatic rings. The first kappa shape index (κ1) is 15.1. The van der Waals surface area contributed by atoms with Gasteiger partial charge < -0.3 is 14.2 Å². The zero-order chi connectivity index (χ0) is 16.2. The van der Waals surface area contributed by atoms with Crippen LogP contribution >= 0.6 is 0 Å². The monoisotopic (exact) mass is 323 g/mol. The molecular formula is C19H21N3O2. The molecule has 0 aliphatic heterocycles. The molecule has 5 nitrogen and oxygen atoms in total. The zero-order valence-corrected chi connectivity index (χ0v) is 13.5. The zero-order valence-electron chi connectivity index (χ0n) is 13.5. The Morgan fingerprint density at radius 2 is 1.96 bits per heavy atom. The van der Waals surface area contributed by atoms with Crippen molar-refractivity contribution in [2.45, 2.75) is 38.3 Å². The first-order valence-corrected chi connectivity index (χ1v) is 8.52. The number of hydrogen-bond acceptors (Lipinski definition) is 5. The number of aromatic nitrogens is 2. The van der Waals surface area contributed by atoms with Gasteiger partial charge in [-0.15, -0.1) is 10.2 Å². The van der Waals surface area contributed by atoms with Gasteiger partial charge in [0.25, 0.3) is 5.89 Å². The molecular weight excluding hydrogens is 302 g/mol. The second kappa shape index (κ2) is 7.01. The first-order valence-electron chi connectivity index (χ1n) is 8.52. The van der Waals surface area contributed by atoms with E-state index in [0.717, 1.165) is 6.42 Å². The minimum atomic E-state index is 0.434.